The number of piperidine rings is 1. The lowest BCUT2D eigenvalue weighted by Crippen LogP contribution is -2.35. The maximum absolute atomic E-state index is 13.0. The zero-order chi connectivity index (χ0) is 18.7. The first-order valence-electron chi connectivity index (χ1n) is 9.20. The zero-order valence-electron chi connectivity index (χ0n) is 15.0. The molecule has 0 unspecified atom stereocenters. The second kappa shape index (κ2) is 7.58. The van der Waals surface area contributed by atoms with E-state index in [-0.39, 0.29) is 4.90 Å². The van der Waals surface area contributed by atoms with Gasteiger partial charge < -0.3 is 10.6 Å². The first kappa shape index (κ1) is 17.8. The van der Waals surface area contributed by atoms with Gasteiger partial charge in [0, 0.05) is 23.5 Å². The third kappa shape index (κ3) is 3.77. The minimum absolute atomic E-state index is 0.284. The van der Waals surface area contributed by atoms with Gasteiger partial charge in [0.1, 0.15) is 0 Å². The van der Waals surface area contributed by atoms with Gasteiger partial charge in [0.2, 0.25) is 0 Å². The molecular formula is C21H23N3O2S. The van der Waals surface area contributed by atoms with Crippen LogP contribution in [0.1, 0.15) is 12.8 Å². The number of aromatic nitrogens is 1. The van der Waals surface area contributed by atoms with Crippen LogP contribution in [-0.4, -0.2) is 31.5 Å². The second-order valence-corrected chi connectivity index (χ2v) is 8.57. The van der Waals surface area contributed by atoms with E-state index in [9.17, 15) is 8.42 Å². The Kier molecular flexibility index (Phi) is 5.01. The molecule has 2 aromatic carbocycles. The molecule has 1 aliphatic rings. The van der Waals surface area contributed by atoms with E-state index in [1.165, 1.54) is 3.97 Å². The van der Waals surface area contributed by atoms with Crippen molar-refractivity contribution in [1.82, 2.24) is 9.29 Å². The van der Waals surface area contributed by atoms with Crippen LogP contribution in [0.4, 0.5) is 5.69 Å². The number of benzene rings is 2. The summed E-state index contributed by atoms with van der Waals surface area (Å²) in [5, 5.41) is 6.94. The summed E-state index contributed by atoms with van der Waals surface area (Å²) in [4.78, 5) is 0.284. The van der Waals surface area contributed by atoms with Crippen LogP contribution in [0.15, 0.2) is 77.8 Å². The number of hydrogen-bond acceptors (Lipinski definition) is 4. The highest BCUT2D eigenvalue weighted by Crippen LogP contribution is 2.27. The minimum Gasteiger partial charge on any atom is -0.382 e. The van der Waals surface area contributed by atoms with Crippen molar-refractivity contribution in [3.05, 3.63) is 72.9 Å². The van der Waals surface area contributed by atoms with Crippen molar-refractivity contribution in [2.24, 2.45) is 0 Å². The summed E-state index contributed by atoms with van der Waals surface area (Å²) in [6.07, 6.45) is 3.77. The molecule has 0 radical (unpaired) electrons. The molecule has 2 heterocycles. The molecule has 0 saturated carbocycles. The SMILES string of the molecule is O=S(=O)(c1ccccc1)n1cccc1-c1cccc(NC2CCNCC2)c1. The number of nitrogens with one attached hydrogen (secondary N) is 2. The fourth-order valence-corrected chi connectivity index (χ4v) is 4.86. The van der Waals surface area contributed by atoms with E-state index in [1.807, 2.05) is 36.4 Å². The van der Waals surface area contributed by atoms with E-state index in [0.717, 1.165) is 37.2 Å². The van der Waals surface area contributed by atoms with Crippen LogP contribution in [0.25, 0.3) is 11.3 Å². The van der Waals surface area contributed by atoms with Crippen LogP contribution in [0.2, 0.25) is 0 Å². The lowest BCUT2D eigenvalue weighted by Gasteiger charge is -2.25. The molecule has 0 amide bonds. The molecule has 27 heavy (non-hydrogen) atoms. The van der Waals surface area contributed by atoms with Gasteiger partial charge in [0.25, 0.3) is 10.0 Å². The fourth-order valence-electron chi connectivity index (χ4n) is 3.48. The van der Waals surface area contributed by atoms with E-state index in [0.29, 0.717) is 11.7 Å². The zero-order valence-corrected chi connectivity index (χ0v) is 15.8. The van der Waals surface area contributed by atoms with Gasteiger partial charge in [-0.3, -0.25) is 0 Å². The van der Waals surface area contributed by atoms with Crippen molar-refractivity contribution < 1.29 is 8.42 Å². The summed E-state index contributed by atoms with van der Waals surface area (Å²) in [5.41, 5.74) is 2.55. The standard InChI is InChI=1S/C21H23N3O2S/c25-27(26,20-8-2-1-3-9-20)24-15-5-10-21(24)17-6-4-7-19(16-17)23-18-11-13-22-14-12-18/h1-10,15-16,18,22-23H,11-14H2. The monoisotopic (exact) mass is 381 g/mol. The smallest absolute Gasteiger partial charge is 0.268 e. The van der Waals surface area contributed by atoms with E-state index >= 15 is 0 Å². The molecule has 5 nitrogen and oxygen atoms in total. The van der Waals surface area contributed by atoms with Crippen molar-refractivity contribution >= 4 is 15.7 Å². The van der Waals surface area contributed by atoms with Gasteiger partial charge in [0.05, 0.1) is 10.6 Å². The van der Waals surface area contributed by atoms with Crippen LogP contribution in [0.5, 0.6) is 0 Å². The Morgan fingerprint density at radius 2 is 1.70 bits per heavy atom. The van der Waals surface area contributed by atoms with Crippen molar-refractivity contribution in [1.29, 1.82) is 0 Å². The molecule has 0 bridgehead atoms. The van der Waals surface area contributed by atoms with Gasteiger partial charge in [-0.2, -0.15) is 0 Å². The maximum Gasteiger partial charge on any atom is 0.268 e. The number of anilines is 1. The van der Waals surface area contributed by atoms with Gasteiger partial charge in [-0.15, -0.1) is 0 Å². The number of hydrogen-bond donors (Lipinski definition) is 2. The molecule has 0 atom stereocenters. The molecule has 1 fully saturated rings. The number of nitrogens with zero attached hydrogens (tertiary/aromatic N) is 1. The van der Waals surface area contributed by atoms with Gasteiger partial charge in [-0.1, -0.05) is 30.3 Å². The Labute approximate surface area is 160 Å². The predicted octanol–water partition coefficient (Wildman–Crippen LogP) is 3.56. The highest BCUT2D eigenvalue weighted by atomic mass is 32.2. The lowest BCUT2D eigenvalue weighted by molar-refractivity contribution is 0.479. The van der Waals surface area contributed by atoms with Gasteiger partial charge >= 0.3 is 0 Å². The Balaban J connectivity index is 1.66. The second-order valence-electron chi connectivity index (χ2n) is 6.76. The van der Waals surface area contributed by atoms with Crippen molar-refractivity contribution in [2.75, 3.05) is 18.4 Å². The maximum atomic E-state index is 13.0. The van der Waals surface area contributed by atoms with Gasteiger partial charge in [-0.25, -0.2) is 12.4 Å². The molecule has 3 aromatic rings. The average Bonchev–Trinajstić information content (AvgIpc) is 3.21. The molecule has 6 heteroatoms. The van der Waals surface area contributed by atoms with Crippen molar-refractivity contribution in [3.8, 4) is 11.3 Å². The van der Waals surface area contributed by atoms with Crippen molar-refractivity contribution in [2.45, 2.75) is 23.8 Å². The van der Waals surface area contributed by atoms with Crippen molar-refractivity contribution in [3.63, 3.8) is 0 Å². The van der Waals surface area contributed by atoms with Gasteiger partial charge in [0.15, 0.2) is 0 Å². The van der Waals surface area contributed by atoms with Crippen LogP contribution in [0.3, 0.4) is 0 Å². The summed E-state index contributed by atoms with van der Waals surface area (Å²) in [6, 6.07) is 20.5. The van der Waals surface area contributed by atoms with Gasteiger partial charge in [-0.05, 0) is 62.3 Å². The summed E-state index contributed by atoms with van der Waals surface area (Å²) in [5.74, 6) is 0. The molecule has 140 valence electrons. The summed E-state index contributed by atoms with van der Waals surface area (Å²) >= 11 is 0. The molecule has 1 saturated heterocycles. The Morgan fingerprint density at radius 1 is 0.926 bits per heavy atom. The first-order chi connectivity index (χ1) is 13.1. The third-order valence-corrected chi connectivity index (χ3v) is 6.59. The summed E-state index contributed by atoms with van der Waals surface area (Å²) < 4.78 is 27.4. The Morgan fingerprint density at radius 3 is 2.48 bits per heavy atom. The quantitative estimate of drug-likeness (QED) is 0.709. The summed E-state index contributed by atoms with van der Waals surface area (Å²) in [7, 11) is -3.63. The number of rotatable bonds is 5. The molecule has 4 rings (SSSR count). The molecule has 1 aromatic heterocycles. The molecule has 2 N–H and O–H groups in total. The predicted molar refractivity (Wildman–Crippen MR) is 108 cm³/mol. The third-order valence-electron chi connectivity index (χ3n) is 4.88. The molecule has 0 spiro atoms. The van der Waals surface area contributed by atoms with Crippen LogP contribution < -0.4 is 10.6 Å². The topological polar surface area (TPSA) is 63.1 Å². The molecule has 0 aliphatic carbocycles. The highest BCUT2D eigenvalue weighted by molar-refractivity contribution is 7.90. The van der Waals surface area contributed by atoms with E-state index in [4.69, 9.17) is 0 Å². The Hall–Kier alpha value is -2.57. The first-order valence-corrected chi connectivity index (χ1v) is 10.6. The van der Waals surface area contributed by atoms with E-state index in [2.05, 4.69) is 10.6 Å². The largest absolute Gasteiger partial charge is 0.382 e. The Bertz CT molecular complexity index is 1010. The normalized spacial score (nSPS) is 15.6. The fraction of sp³-hybridized carbons (Fsp3) is 0.238. The minimum atomic E-state index is -3.63. The molecule has 1 aliphatic heterocycles. The van der Waals surface area contributed by atoms with E-state index < -0.39 is 10.0 Å². The highest BCUT2D eigenvalue weighted by Gasteiger charge is 2.20. The van der Waals surface area contributed by atoms with E-state index in [1.54, 1.807) is 36.5 Å². The van der Waals surface area contributed by atoms with Crippen LogP contribution in [0, 0.1) is 0 Å². The lowest BCUT2D eigenvalue weighted by atomic mass is 10.1. The summed E-state index contributed by atoms with van der Waals surface area (Å²) in [6.45, 7) is 2.05. The average molecular weight is 382 g/mol. The van der Waals surface area contributed by atoms with Crippen LogP contribution in [-0.2, 0) is 10.0 Å². The van der Waals surface area contributed by atoms with Crippen LogP contribution >= 0.6 is 0 Å². The molecular weight excluding hydrogens is 358 g/mol.